The van der Waals surface area contributed by atoms with E-state index in [-0.39, 0.29) is 16.3 Å². The summed E-state index contributed by atoms with van der Waals surface area (Å²) in [5.41, 5.74) is 0.770. The molecule has 0 aliphatic rings. The minimum atomic E-state index is -0.410. The molecule has 21 heavy (non-hydrogen) atoms. The molecule has 0 heterocycles. The molecular formula is C15H13Cl2NO3. The summed E-state index contributed by atoms with van der Waals surface area (Å²) in [6, 6.07) is 10.1. The topological polar surface area (TPSA) is 47.6 Å². The van der Waals surface area contributed by atoms with Crippen LogP contribution < -0.4 is 14.8 Å². The number of hydrogen-bond donors (Lipinski definition) is 1. The Morgan fingerprint density at radius 2 is 1.76 bits per heavy atom. The molecule has 0 aromatic heterocycles. The Kier molecular flexibility index (Phi) is 4.94. The van der Waals surface area contributed by atoms with Gasteiger partial charge in [-0.1, -0.05) is 29.3 Å². The summed E-state index contributed by atoms with van der Waals surface area (Å²) < 4.78 is 10.3. The van der Waals surface area contributed by atoms with E-state index in [1.54, 1.807) is 43.5 Å². The molecule has 0 saturated heterocycles. The number of rotatable bonds is 4. The van der Waals surface area contributed by atoms with Crippen molar-refractivity contribution >= 4 is 34.8 Å². The highest BCUT2D eigenvalue weighted by molar-refractivity contribution is 6.37. The van der Waals surface area contributed by atoms with Crippen LogP contribution in [-0.4, -0.2) is 20.1 Å². The lowest BCUT2D eigenvalue weighted by Crippen LogP contribution is -2.14. The van der Waals surface area contributed by atoms with Gasteiger partial charge in [-0.05, 0) is 24.3 Å². The van der Waals surface area contributed by atoms with Crippen LogP contribution in [-0.2, 0) is 0 Å². The van der Waals surface area contributed by atoms with E-state index in [2.05, 4.69) is 5.32 Å². The van der Waals surface area contributed by atoms with Crippen molar-refractivity contribution < 1.29 is 14.3 Å². The summed E-state index contributed by atoms with van der Waals surface area (Å²) in [4.78, 5) is 12.4. The second-order valence-corrected chi connectivity index (χ2v) is 4.94. The predicted molar refractivity (Wildman–Crippen MR) is 84.0 cm³/mol. The van der Waals surface area contributed by atoms with Crippen LogP contribution in [0.25, 0.3) is 0 Å². The van der Waals surface area contributed by atoms with Gasteiger partial charge in [-0.15, -0.1) is 0 Å². The quantitative estimate of drug-likeness (QED) is 0.913. The molecule has 2 aromatic carbocycles. The van der Waals surface area contributed by atoms with Crippen LogP contribution in [0.5, 0.6) is 11.5 Å². The number of methoxy groups -OCH3 is 2. The van der Waals surface area contributed by atoms with E-state index in [0.717, 1.165) is 0 Å². The number of anilines is 1. The normalized spacial score (nSPS) is 10.1. The summed E-state index contributed by atoms with van der Waals surface area (Å²) >= 11 is 12.1. The molecule has 1 amide bonds. The lowest BCUT2D eigenvalue weighted by molar-refractivity contribution is 0.102. The first kappa shape index (κ1) is 15.5. The molecular weight excluding hydrogens is 313 g/mol. The van der Waals surface area contributed by atoms with Gasteiger partial charge in [0.1, 0.15) is 11.3 Å². The van der Waals surface area contributed by atoms with E-state index in [1.165, 1.54) is 7.11 Å². The van der Waals surface area contributed by atoms with Crippen LogP contribution >= 0.6 is 23.2 Å². The Bertz CT molecular complexity index is 674. The van der Waals surface area contributed by atoms with Crippen LogP contribution in [0.15, 0.2) is 36.4 Å². The van der Waals surface area contributed by atoms with Crippen molar-refractivity contribution in [2.24, 2.45) is 0 Å². The number of hydrogen-bond acceptors (Lipinski definition) is 3. The summed E-state index contributed by atoms with van der Waals surface area (Å²) in [6.07, 6.45) is 0. The molecule has 110 valence electrons. The highest BCUT2D eigenvalue weighted by atomic mass is 35.5. The van der Waals surface area contributed by atoms with Crippen LogP contribution in [0.3, 0.4) is 0 Å². The van der Waals surface area contributed by atoms with Crippen molar-refractivity contribution in [3.05, 3.63) is 52.0 Å². The Labute approximate surface area is 132 Å². The average molecular weight is 326 g/mol. The highest BCUT2D eigenvalue weighted by Crippen LogP contribution is 2.34. The first-order chi connectivity index (χ1) is 10.1. The summed E-state index contributed by atoms with van der Waals surface area (Å²) in [5, 5.41) is 3.31. The number of halogens is 2. The Balaban J connectivity index is 2.34. The van der Waals surface area contributed by atoms with Gasteiger partial charge >= 0.3 is 0 Å². The van der Waals surface area contributed by atoms with Gasteiger partial charge in [-0.25, -0.2) is 0 Å². The fraction of sp³-hybridized carbons (Fsp3) is 0.133. The lowest BCUT2D eigenvalue weighted by Gasteiger charge is -2.12. The van der Waals surface area contributed by atoms with Crippen LogP contribution in [0, 0.1) is 0 Å². The molecule has 0 aliphatic carbocycles. The van der Waals surface area contributed by atoms with E-state index in [1.807, 2.05) is 0 Å². The number of benzene rings is 2. The molecule has 0 radical (unpaired) electrons. The van der Waals surface area contributed by atoms with Crippen LogP contribution in [0.4, 0.5) is 5.69 Å². The minimum Gasteiger partial charge on any atom is -0.497 e. The number of amides is 1. The maximum absolute atomic E-state index is 12.4. The molecule has 0 bridgehead atoms. The molecule has 6 heteroatoms. The molecule has 0 saturated carbocycles. The number of carbonyl (C=O) groups is 1. The van der Waals surface area contributed by atoms with E-state index < -0.39 is 5.91 Å². The molecule has 1 N–H and O–H groups in total. The van der Waals surface area contributed by atoms with E-state index in [0.29, 0.717) is 16.5 Å². The highest BCUT2D eigenvalue weighted by Gasteiger charge is 2.19. The summed E-state index contributed by atoms with van der Waals surface area (Å²) in [5.74, 6) is 0.467. The van der Waals surface area contributed by atoms with E-state index in [9.17, 15) is 4.79 Å². The smallest absolute Gasteiger partial charge is 0.261 e. The molecule has 0 unspecified atom stereocenters. The zero-order valence-electron chi connectivity index (χ0n) is 11.4. The SMILES string of the molecule is COc1cccc(NC(=O)c2c(Cl)ccc(Cl)c2OC)c1. The fourth-order valence-electron chi connectivity index (χ4n) is 1.84. The molecule has 0 spiro atoms. The minimum absolute atomic E-state index is 0.189. The average Bonchev–Trinajstić information content (AvgIpc) is 2.49. The van der Waals surface area contributed by atoms with Gasteiger partial charge in [0.2, 0.25) is 0 Å². The largest absolute Gasteiger partial charge is 0.497 e. The monoisotopic (exact) mass is 325 g/mol. The van der Waals surface area contributed by atoms with E-state index in [4.69, 9.17) is 32.7 Å². The first-order valence-corrected chi connectivity index (χ1v) is 6.79. The molecule has 2 aromatic rings. The third kappa shape index (κ3) is 3.40. The van der Waals surface area contributed by atoms with Crippen molar-refractivity contribution in [1.29, 1.82) is 0 Å². The van der Waals surface area contributed by atoms with Gasteiger partial charge in [0.05, 0.1) is 24.3 Å². The van der Waals surface area contributed by atoms with Gasteiger partial charge < -0.3 is 14.8 Å². The Hall–Kier alpha value is -1.91. The summed E-state index contributed by atoms with van der Waals surface area (Å²) in [6.45, 7) is 0. The Morgan fingerprint density at radius 1 is 1.05 bits per heavy atom. The number of nitrogens with one attached hydrogen (secondary N) is 1. The predicted octanol–water partition coefficient (Wildman–Crippen LogP) is 4.26. The van der Waals surface area contributed by atoms with Gasteiger partial charge in [0, 0.05) is 11.8 Å². The standard InChI is InChI=1S/C15H13Cl2NO3/c1-20-10-5-3-4-9(8-10)18-15(19)13-11(16)6-7-12(17)14(13)21-2/h3-8H,1-2H3,(H,18,19). The van der Waals surface area contributed by atoms with Crippen molar-refractivity contribution in [1.82, 2.24) is 0 Å². The fourth-order valence-corrected chi connectivity index (χ4v) is 2.31. The number of ether oxygens (including phenoxy) is 2. The summed E-state index contributed by atoms with van der Waals surface area (Å²) in [7, 11) is 2.98. The van der Waals surface area contributed by atoms with Crippen molar-refractivity contribution in [2.75, 3.05) is 19.5 Å². The van der Waals surface area contributed by atoms with Gasteiger partial charge in [-0.2, -0.15) is 0 Å². The molecule has 0 fully saturated rings. The third-order valence-corrected chi connectivity index (χ3v) is 3.43. The zero-order chi connectivity index (χ0) is 15.4. The lowest BCUT2D eigenvalue weighted by atomic mass is 10.1. The van der Waals surface area contributed by atoms with Crippen LogP contribution in [0.1, 0.15) is 10.4 Å². The molecule has 4 nitrogen and oxygen atoms in total. The van der Waals surface area contributed by atoms with Gasteiger partial charge in [0.25, 0.3) is 5.91 Å². The maximum Gasteiger partial charge on any atom is 0.261 e. The second kappa shape index (κ2) is 6.70. The zero-order valence-corrected chi connectivity index (χ0v) is 13.0. The molecule has 0 aliphatic heterocycles. The first-order valence-electron chi connectivity index (χ1n) is 6.04. The Morgan fingerprint density at radius 3 is 2.43 bits per heavy atom. The van der Waals surface area contributed by atoms with Crippen molar-refractivity contribution in [2.45, 2.75) is 0 Å². The van der Waals surface area contributed by atoms with Crippen LogP contribution in [0.2, 0.25) is 10.0 Å². The van der Waals surface area contributed by atoms with Gasteiger partial charge in [-0.3, -0.25) is 4.79 Å². The number of carbonyl (C=O) groups excluding carboxylic acids is 1. The van der Waals surface area contributed by atoms with Gasteiger partial charge in [0.15, 0.2) is 5.75 Å². The molecule has 2 rings (SSSR count). The van der Waals surface area contributed by atoms with E-state index >= 15 is 0 Å². The van der Waals surface area contributed by atoms with Crippen molar-refractivity contribution in [3.8, 4) is 11.5 Å². The molecule has 0 atom stereocenters. The maximum atomic E-state index is 12.4. The third-order valence-electron chi connectivity index (χ3n) is 2.82. The van der Waals surface area contributed by atoms with Crippen molar-refractivity contribution in [3.63, 3.8) is 0 Å². The second-order valence-electron chi connectivity index (χ2n) is 4.12.